The van der Waals surface area contributed by atoms with E-state index in [-0.39, 0.29) is 0 Å². The molecule has 0 aliphatic carbocycles. The molecule has 108 valence electrons. The van der Waals surface area contributed by atoms with Crippen LogP contribution in [0.15, 0.2) is 6.20 Å². The fourth-order valence-corrected chi connectivity index (χ4v) is 3.15. The van der Waals surface area contributed by atoms with Gasteiger partial charge in [0.25, 0.3) is 0 Å². The molecular weight excluding hydrogens is 236 g/mol. The van der Waals surface area contributed by atoms with E-state index in [0.29, 0.717) is 6.04 Å². The highest BCUT2D eigenvalue weighted by Crippen LogP contribution is 2.28. The Kier molecular flexibility index (Phi) is 4.31. The SMILES string of the molecule is Cc1ncc(CN2CC(C(C)C)C(N(C)C)C2)n1C. The van der Waals surface area contributed by atoms with E-state index in [1.807, 2.05) is 6.20 Å². The lowest BCUT2D eigenvalue weighted by atomic mass is 9.91. The molecule has 0 saturated carbocycles. The van der Waals surface area contributed by atoms with Crippen molar-refractivity contribution in [2.24, 2.45) is 18.9 Å². The molecule has 0 amide bonds. The quantitative estimate of drug-likeness (QED) is 0.828. The first-order valence-electron chi connectivity index (χ1n) is 7.26. The van der Waals surface area contributed by atoms with Gasteiger partial charge in [-0.05, 0) is 32.9 Å². The summed E-state index contributed by atoms with van der Waals surface area (Å²) < 4.78 is 2.20. The number of likely N-dealkylation sites (N-methyl/N-ethyl adjacent to an activating group) is 1. The van der Waals surface area contributed by atoms with Gasteiger partial charge in [0, 0.05) is 38.9 Å². The van der Waals surface area contributed by atoms with E-state index in [9.17, 15) is 0 Å². The molecule has 2 heterocycles. The van der Waals surface area contributed by atoms with Gasteiger partial charge in [0.1, 0.15) is 5.82 Å². The van der Waals surface area contributed by atoms with Crippen LogP contribution < -0.4 is 0 Å². The second kappa shape index (κ2) is 5.63. The summed E-state index contributed by atoms with van der Waals surface area (Å²) in [4.78, 5) is 9.36. The van der Waals surface area contributed by atoms with E-state index < -0.39 is 0 Å². The molecule has 1 aliphatic rings. The summed E-state index contributed by atoms with van der Waals surface area (Å²) in [7, 11) is 6.52. The van der Waals surface area contributed by atoms with E-state index >= 15 is 0 Å². The van der Waals surface area contributed by atoms with Gasteiger partial charge in [-0.25, -0.2) is 4.98 Å². The van der Waals surface area contributed by atoms with Crippen molar-refractivity contribution in [2.45, 2.75) is 33.4 Å². The molecule has 0 aromatic carbocycles. The Labute approximate surface area is 117 Å². The average molecular weight is 264 g/mol. The molecule has 1 fully saturated rings. The number of imidazole rings is 1. The molecule has 4 nitrogen and oxygen atoms in total. The summed E-state index contributed by atoms with van der Waals surface area (Å²) in [5.74, 6) is 2.61. The molecule has 2 rings (SSSR count). The number of nitrogens with zero attached hydrogens (tertiary/aromatic N) is 4. The van der Waals surface area contributed by atoms with Crippen LogP contribution in [-0.4, -0.2) is 52.6 Å². The first kappa shape index (κ1) is 14.5. The lowest BCUT2D eigenvalue weighted by molar-refractivity contribution is 0.215. The molecular formula is C15H28N4. The van der Waals surface area contributed by atoms with Crippen molar-refractivity contribution in [2.75, 3.05) is 27.2 Å². The fourth-order valence-electron chi connectivity index (χ4n) is 3.15. The number of rotatable bonds is 4. The lowest BCUT2D eigenvalue weighted by Crippen LogP contribution is -2.37. The third-order valence-electron chi connectivity index (χ3n) is 4.63. The predicted molar refractivity (Wildman–Crippen MR) is 79.0 cm³/mol. The second-order valence-electron chi connectivity index (χ2n) is 6.49. The van der Waals surface area contributed by atoms with Gasteiger partial charge in [-0.1, -0.05) is 13.8 Å². The topological polar surface area (TPSA) is 24.3 Å². The van der Waals surface area contributed by atoms with Crippen LogP contribution in [0, 0.1) is 18.8 Å². The summed E-state index contributed by atoms with van der Waals surface area (Å²) >= 11 is 0. The van der Waals surface area contributed by atoms with Gasteiger partial charge in [0.2, 0.25) is 0 Å². The van der Waals surface area contributed by atoms with Gasteiger partial charge in [-0.15, -0.1) is 0 Å². The maximum Gasteiger partial charge on any atom is 0.105 e. The third-order valence-corrected chi connectivity index (χ3v) is 4.63. The minimum Gasteiger partial charge on any atom is -0.334 e. The van der Waals surface area contributed by atoms with Crippen LogP contribution in [0.5, 0.6) is 0 Å². The molecule has 19 heavy (non-hydrogen) atoms. The van der Waals surface area contributed by atoms with E-state index in [1.54, 1.807) is 0 Å². The van der Waals surface area contributed by atoms with Crippen molar-refractivity contribution in [3.8, 4) is 0 Å². The highest BCUT2D eigenvalue weighted by atomic mass is 15.3. The zero-order chi connectivity index (χ0) is 14.2. The zero-order valence-electron chi connectivity index (χ0n) is 13.2. The minimum atomic E-state index is 0.675. The number of likely N-dealkylation sites (tertiary alicyclic amines) is 1. The van der Waals surface area contributed by atoms with Crippen molar-refractivity contribution in [3.05, 3.63) is 17.7 Å². The van der Waals surface area contributed by atoms with E-state index in [1.165, 1.54) is 18.8 Å². The first-order valence-corrected chi connectivity index (χ1v) is 7.26. The largest absolute Gasteiger partial charge is 0.334 e. The van der Waals surface area contributed by atoms with Crippen molar-refractivity contribution in [1.82, 2.24) is 19.4 Å². The van der Waals surface area contributed by atoms with Crippen molar-refractivity contribution >= 4 is 0 Å². The number of hydrogen-bond acceptors (Lipinski definition) is 3. The monoisotopic (exact) mass is 264 g/mol. The van der Waals surface area contributed by atoms with Gasteiger partial charge < -0.3 is 9.47 Å². The molecule has 0 spiro atoms. The summed E-state index contributed by atoms with van der Waals surface area (Å²) in [5, 5.41) is 0. The Bertz CT molecular complexity index is 406. The van der Waals surface area contributed by atoms with Crippen molar-refractivity contribution in [3.63, 3.8) is 0 Å². The van der Waals surface area contributed by atoms with E-state index in [0.717, 1.165) is 24.2 Å². The van der Waals surface area contributed by atoms with E-state index in [2.05, 4.69) is 61.3 Å². The van der Waals surface area contributed by atoms with E-state index in [4.69, 9.17) is 0 Å². The normalized spacial score (nSPS) is 24.8. The Morgan fingerprint density at radius 2 is 2.05 bits per heavy atom. The first-order chi connectivity index (χ1) is 8.90. The zero-order valence-corrected chi connectivity index (χ0v) is 13.2. The summed E-state index contributed by atoms with van der Waals surface area (Å²) in [6.07, 6.45) is 2.02. The van der Waals surface area contributed by atoms with Crippen molar-refractivity contribution in [1.29, 1.82) is 0 Å². The molecule has 1 aromatic rings. The number of aromatic nitrogens is 2. The number of aryl methyl sites for hydroxylation is 1. The molecule has 1 aromatic heterocycles. The Morgan fingerprint density at radius 3 is 2.47 bits per heavy atom. The Morgan fingerprint density at radius 1 is 1.37 bits per heavy atom. The van der Waals surface area contributed by atoms with Gasteiger partial charge in [0.05, 0.1) is 5.69 Å². The molecule has 0 radical (unpaired) electrons. The summed E-state index contributed by atoms with van der Waals surface area (Å²) in [6, 6.07) is 0.675. The van der Waals surface area contributed by atoms with Crippen LogP contribution in [0.4, 0.5) is 0 Å². The molecule has 2 atom stereocenters. The van der Waals surface area contributed by atoms with Crippen LogP contribution in [0.2, 0.25) is 0 Å². The number of hydrogen-bond donors (Lipinski definition) is 0. The smallest absolute Gasteiger partial charge is 0.105 e. The van der Waals surface area contributed by atoms with Gasteiger partial charge in [0.15, 0.2) is 0 Å². The lowest BCUT2D eigenvalue weighted by Gasteiger charge is -2.27. The van der Waals surface area contributed by atoms with Crippen molar-refractivity contribution < 1.29 is 0 Å². The van der Waals surface area contributed by atoms with Crippen LogP contribution in [0.1, 0.15) is 25.4 Å². The average Bonchev–Trinajstić information content (AvgIpc) is 2.88. The fraction of sp³-hybridized carbons (Fsp3) is 0.800. The Hall–Kier alpha value is -0.870. The van der Waals surface area contributed by atoms with Gasteiger partial charge >= 0.3 is 0 Å². The molecule has 1 aliphatic heterocycles. The minimum absolute atomic E-state index is 0.675. The molecule has 2 unspecified atom stereocenters. The molecule has 0 bridgehead atoms. The second-order valence-corrected chi connectivity index (χ2v) is 6.49. The predicted octanol–water partition coefficient (Wildman–Crippen LogP) is 1.75. The summed E-state index contributed by atoms with van der Waals surface area (Å²) in [6.45, 7) is 10.1. The van der Waals surface area contributed by atoms with Crippen LogP contribution in [-0.2, 0) is 13.6 Å². The maximum absolute atomic E-state index is 4.39. The Balaban J connectivity index is 2.05. The standard InChI is InChI=1S/C15H28N4/c1-11(2)14-9-19(10-15(14)17(4)5)8-13-7-16-12(3)18(13)6/h7,11,14-15H,8-10H2,1-6H3. The van der Waals surface area contributed by atoms with Gasteiger partial charge in [-0.2, -0.15) is 0 Å². The molecule has 1 saturated heterocycles. The highest BCUT2D eigenvalue weighted by Gasteiger charge is 2.35. The van der Waals surface area contributed by atoms with Crippen LogP contribution >= 0.6 is 0 Å². The van der Waals surface area contributed by atoms with Crippen LogP contribution in [0.3, 0.4) is 0 Å². The molecule has 0 N–H and O–H groups in total. The third kappa shape index (κ3) is 3.00. The van der Waals surface area contributed by atoms with Gasteiger partial charge in [-0.3, -0.25) is 4.90 Å². The highest BCUT2D eigenvalue weighted by molar-refractivity contribution is 5.05. The summed E-state index contributed by atoms with van der Waals surface area (Å²) in [5.41, 5.74) is 1.32. The molecule has 4 heteroatoms. The maximum atomic E-state index is 4.39. The van der Waals surface area contributed by atoms with Crippen LogP contribution in [0.25, 0.3) is 0 Å².